The summed E-state index contributed by atoms with van der Waals surface area (Å²) in [6.45, 7) is 7.53. The van der Waals surface area contributed by atoms with Crippen LogP contribution in [0.5, 0.6) is 5.75 Å². The Labute approximate surface area is 127 Å². The molecule has 21 heavy (non-hydrogen) atoms. The SMILES string of the molecule is CCOc1ccc(S(=O)(=O)NC2CCN(CC)CC2)cc1. The van der Waals surface area contributed by atoms with E-state index in [1.165, 1.54) is 0 Å². The molecule has 6 heteroatoms. The van der Waals surface area contributed by atoms with Crippen molar-refractivity contribution in [2.75, 3.05) is 26.2 Å². The summed E-state index contributed by atoms with van der Waals surface area (Å²) in [5, 5.41) is 0. The smallest absolute Gasteiger partial charge is 0.240 e. The Hall–Kier alpha value is -1.11. The Bertz CT molecular complexity index is 535. The molecule has 1 aromatic carbocycles. The van der Waals surface area contributed by atoms with Gasteiger partial charge >= 0.3 is 0 Å². The second kappa shape index (κ2) is 7.24. The molecule has 0 saturated carbocycles. The van der Waals surface area contributed by atoms with Crippen molar-refractivity contribution in [1.29, 1.82) is 0 Å². The Morgan fingerprint density at radius 1 is 1.19 bits per heavy atom. The van der Waals surface area contributed by atoms with Crippen molar-refractivity contribution >= 4 is 10.0 Å². The van der Waals surface area contributed by atoms with E-state index in [4.69, 9.17) is 4.74 Å². The number of ether oxygens (including phenoxy) is 1. The highest BCUT2D eigenvalue weighted by molar-refractivity contribution is 7.89. The lowest BCUT2D eigenvalue weighted by Gasteiger charge is -2.31. The number of likely N-dealkylation sites (tertiary alicyclic amines) is 1. The van der Waals surface area contributed by atoms with Gasteiger partial charge in [-0.05, 0) is 63.7 Å². The molecule has 1 aliphatic heterocycles. The lowest BCUT2D eigenvalue weighted by molar-refractivity contribution is 0.217. The van der Waals surface area contributed by atoms with Gasteiger partial charge < -0.3 is 9.64 Å². The number of benzene rings is 1. The zero-order chi connectivity index (χ0) is 15.3. The minimum atomic E-state index is -3.44. The van der Waals surface area contributed by atoms with Crippen LogP contribution in [0.25, 0.3) is 0 Å². The van der Waals surface area contributed by atoms with E-state index in [1.54, 1.807) is 24.3 Å². The number of piperidine rings is 1. The maximum absolute atomic E-state index is 12.4. The first-order valence-electron chi connectivity index (χ1n) is 7.52. The monoisotopic (exact) mass is 312 g/mol. The number of sulfonamides is 1. The predicted octanol–water partition coefficient (Wildman–Crippen LogP) is 1.85. The van der Waals surface area contributed by atoms with E-state index < -0.39 is 10.0 Å². The summed E-state index contributed by atoms with van der Waals surface area (Å²) in [6, 6.07) is 6.60. The van der Waals surface area contributed by atoms with Crippen LogP contribution in [0.15, 0.2) is 29.2 Å². The van der Waals surface area contributed by atoms with Gasteiger partial charge in [-0.1, -0.05) is 6.92 Å². The molecule has 1 heterocycles. The highest BCUT2D eigenvalue weighted by Gasteiger charge is 2.23. The number of nitrogens with zero attached hydrogens (tertiary/aromatic N) is 1. The minimum Gasteiger partial charge on any atom is -0.494 e. The van der Waals surface area contributed by atoms with Crippen molar-refractivity contribution in [3.63, 3.8) is 0 Å². The molecule has 0 bridgehead atoms. The fraction of sp³-hybridized carbons (Fsp3) is 0.600. The molecular weight excluding hydrogens is 288 g/mol. The Kier molecular flexibility index (Phi) is 5.61. The van der Waals surface area contributed by atoms with Crippen molar-refractivity contribution in [3.05, 3.63) is 24.3 Å². The second-order valence-corrected chi connectivity index (χ2v) is 6.95. The third-order valence-corrected chi connectivity index (χ3v) is 5.34. The van der Waals surface area contributed by atoms with E-state index in [-0.39, 0.29) is 6.04 Å². The summed E-state index contributed by atoms with van der Waals surface area (Å²) in [7, 11) is -3.44. The van der Waals surface area contributed by atoms with Crippen LogP contribution in [0.3, 0.4) is 0 Å². The molecule has 118 valence electrons. The Morgan fingerprint density at radius 2 is 1.81 bits per heavy atom. The molecule has 0 radical (unpaired) electrons. The maximum atomic E-state index is 12.4. The van der Waals surface area contributed by atoms with Crippen LogP contribution < -0.4 is 9.46 Å². The average molecular weight is 312 g/mol. The first-order chi connectivity index (χ1) is 10.0. The average Bonchev–Trinajstić information content (AvgIpc) is 2.48. The summed E-state index contributed by atoms with van der Waals surface area (Å²) >= 11 is 0. The quantitative estimate of drug-likeness (QED) is 0.871. The van der Waals surface area contributed by atoms with Gasteiger partial charge in [0.05, 0.1) is 11.5 Å². The van der Waals surface area contributed by atoms with Crippen molar-refractivity contribution in [1.82, 2.24) is 9.62 Å². The Balaban J connectivity index is 1.98. The summed E-state index contributed by atoms with van der Waals surface area (Å²) in [5.74, 6) is 0.688. The lowest BCUT2D eigenvalue weighted by Crippen LogP contribution is -2.44. The van der Waals surface area contributed by atoms with Crippen molar-refractivity contribution in [3.8, 4) is 5.75 Å². The minimum absolute atomic E-state index is 0.0318. The normalized spacial score (nSPS) is 17.8. The fourth-order valence-corrected chi connectivity index (χ4v) is 3.84. The van der Waals surface area contributed by atoms with Gasteiger partial charge in [-0.3, -0.25) is 0 Å². The molecule has 0 aliphatic carbocycles. The number of hydrogen-bond donors (Lipinski definition) is 1. The molecule has 0 amide bonds. The standard InChI is InChI=1S/C15H24N2O3S/c1-3-17-11-9-13(10-12-17)16-21(18,19)15-7-5-14(6-8-15)20-4-2/h5-8,13,16H,3-4,9-12H2,1-2H3. The van der Waals surface area contributed by atoms with Crippen LogP contribution in [-0.4, -0.2) is 45.6 Å². The number of rotatable bonds is 6. The van der Waals surface area contributed by atoms with Crippen LogP contribution in [0, 0.1) is 0 Å². The van der Waals surface area contributed by atoms with E-state index in [0.29, 0.717) is 17.3 Å². The highest BCUT2D eigenvalue weighted by atomic mass is 32.2. The van der Waals surface area contributed by atoms with Gasteiger partial charge in [0, 0.05) is 6.04 Å². The van der Waals surface area contributed by atoms with Crippen molar-refractivity contribution < 1.29 is 13.2 Å². The van der Waals surface area contributed by atoms with E-state index in [1.807, 2.05) is 6.92 Å². The molecule has 0 aromatic heterocycles. The lowest BCUT2D eigenvalue weighted by atomic mass is 10.1. The second-order valence-electron chi connectivity index (χ2n) is 5.23. The first kappa shape index (κ1) is 16.3. The molecule has 1 aromatic rings. The molecule has 1 aliphatic rings. The van der Waals surface area contributed by atoms with E-state index in [2.05, 4.69) is 16.5 Å². The third-order valence-electron chi connectivity index (χ3n) is 3.80. The summed E-state index contributed by atoms with van der Waals surface area (Å²) in [5.41, 5.74) is 0. The summed E-state index contributed by atoms with van der Waals surface area (Å²) < 4.78 is 32.8. The van der Waals surface area contributed by atoms with Crippen LogP contribution >= 0.6 is 0 Å². The van der Waals surface area contributed by atoms with Crippen LogP contribution in [-0.2, 0) is 10.0 Å². The molecular formula is C15H24N2O3S. The van der Waals surface area contributed by atoms with Gasteiger partial charge in [-0.2, -0.15) is 0 Å². The maximum Gasteiger partial charge on any atom is 0.240 e. The molecule has 1 fully saturated rings. The zero-order valence-electron chi connectivity index (χ0n) is 12.7. The van der Waals surface area contributed by atoms with Gasteiger partial charge in [0.2, 0.25) is 10.0 Å². The van der Waals surface area contributed by atoms with E-state index in [9.17, 15) is 8.42 Å². The van der Waals surface area contributed by atoms with Crippen LogP contribution in [0.4, 0.5) is 0 Å². The van der Waals surface area contributed by atoms with Gasteiger partial charge in [-0.25, -0.2) is 13.1 Å². The molecule has 1 saturated heterocycles. The predicted molar refractivity (Wildman–Crippen MR) is 83.1 cm³/mol. The summed E-state index contributed by atoms with van der Waals surface area (Å²) in [4.78, 5) is 2.63. The van der Waals surface area contributed by atoms with Gasteiger partial charge in [-0.15, -0.1) is 0 Å². The van der Waals surface area contributed by atoms with Gasteiger partial charge in [0.15, 0.2) is 0 Å². The van der Waals surface area contributed by atoms with Gasteiger partial charge in [0.1, 0.15) is 5.75 Å². The van der Waals surface area contributed by atoms with Crippen molar-refractivity contribution in [2.45, 2.75) is 37.6 Å². The van der Waals surface area contributed by atoms with Crippen LogP contribution in [0.1, 0.15) is 26.7 Å². The number of hydrogen-bond acceptors (Lipinski definition) is 4. The number of nitrogens with one attached hydrogen (secondary N) is 1. The van der Waals surface area contributed by atoms with E-state index >= 15 is 0 Å². The fourth-order valence-electron chi connectivity index (χ4n) is 2.54. The van der Waals surface area contributed by atoms with Crippen LogP contribution in [0.2, 0.25) is 0 Å². The topological polar surface area (TPSA) is 58.6 Å². The molecule has 0 spiro atoms. The van der Waals surface area contributed by atoms with Gasteiger partial charge in [0.25, 0.3) is 0 Å². The largest absolute Gasteiger partial charge is 0.494 e. The summed E-state index contributed by atoms with van der Waals surface area (Å²) in [6.07, 6.45) is 1.73. The molecule has 0 unspecified atom stereocenters. The third kappa shape index (κ3) is 4.43. The Morgan fingerprint density at radius 3 is 2.33 bits per heavy atom. The molecule has 1 N–H and O–H groups in total. The molecule has 0 atom stereocenters. The molecule has 5 nitrogen and oxygen atoms in total. The van der Waals surface area contributed by atoms with Crippen molar-refractivity contribution in [2.24, 2.45) is 0 Å². The highest BCUT2D eigenvalue weighted by Crippen LogP contribution is 2.18. The first-order valence-corrected chi connectivity index (χ1v) is 9.01. The zero-order valence-corrected chi connectivity index (χ0v) is 13.5. The van der Waals surface area contributed by atoms with E-state index in [0.717, 1.165) is 32.5 Å². The molecule has 2 rings (SSSR count).